The highest BCUT2D eigenvalue weighted by Gasteiger charge is 2.78. The quantitative estimate of drug-likeness (QED) is 0.728. The Hall–Kier alpha value is -1.52. The first-order valence-electron chi connectivity index (χ1n) is 6.67. The molecular weight excluding hydrogens is 244 g/mol. The van der Waals surface area contributed by atoms with Gasteiger partial charge in [-0.1, -0.05) is 20.4 Å². The molecule has 3 rings (SSSR count). The molecule has 4 atom stereocenters. The SMILES string of the molecule is C=C1NN(C(C)=O)C2(OC(C)=O)CC3C(C12)C3(C)C. The van der Waals surface area contributed by atoms with Crippen molar-refractivity contribution < 1.29 is 14.3 Å². The van der Waals surface area contributed by atoms with Crippen LogP contribution in [0.2, 0.25) is 0 Å². The Balaban J connectivity index is 2.02. The number of hydrogen-bond acceptors (Lipinski definition) is 4. The molecular formula is C14H20N2O3. The molecule has 4 unspecified atom stereocenters. The Morgan fingerprint density at radius 3 is 2.58 bits per heavy atom. The van der Waals surface area contributed by atoms with Gasteiger partial charge in [-0.05, 0) is 17.3 Å². The van der Waals surface area contributed by atoms with Gasteiger partial charge in [0.1, 0.15) is 0 Å². The van der Waals surface area contributed by atoms with E-state index in [0.717, 1.165) is 5.70 Å². The standard InChI is InChI=1S/C14H20N2O3/c1-7-11-12-10(13(12,4)5)6-14(11,19-9(3)18)16(15-7)8(2)17/h10-12,15H,1,6H2,2-5H3. The van der Waals surface area contributed by atoms with E-state index in [4.69, 9.17) is 4.74 Å². The topological polar surface area (TPSA) is 58.6 Å². The van der Waals surface area contributed by atoms with E-state index in [1.165, 1.54) is 18.9 Å². The summed E-state index contributed by atoms with van der Waals surface area (Å²) in [6, 6.07) is 0. The summed E-state index contributed by atoms with van der Waals surface area (Å²) >= 11 is 0. The smallest absolute Gasteiger partial charge is 0.304 e. The molecule has 19 heavy (non-hydrogen) atoms. The number of fused-ring (bicyclic) bond motifs is 3. The highest BCUT2D eigenvalue weighted by molar-refractivity contribution is 5.76. The number of nitrogens with zero attached hydrogens (tertiary/aromatic N) is 1. The lowest BCUT2D eigenvalue weighted by atomic mass is 9.85. The molecule has 0 radical (unpaired) electrons. The maximum Gasteiger partial charge on any atom is 0.304 e. The third-order valence-electron chi connectivity index (χ3n) is 5.14. The highest BCUT2D eigenvalue weighted by atomic mass is 16.6. The van der Waals surface area contributed by atoms with E-state index >= 15 is 0 Å². The van der Waals surface area contributed by atoms with Gasteiger partial charge in [-0.15, -0.1) is 0 Å². The number of amides is 1. The Labute approximate surface area is 112 Å². The predicted octanol–water partition coefficient (Wildman–Crippen LogP) is 1.42. The van der Waals surface area contributed by atoms with E-state index in [1.807, 2.05) is 0 Å². The zero-order chi connectivity index (χ0) is 14.2. The molecule has 3 fully saturated rings. The highest BCUT2D eigenvalue weighted by Crippen LogP contribution is 2.74. The van der Waals surface area contributed by atoms with Crippen LogP contribution in [0, 0.1) is 23.2 Å². The summed E-state index contributed by atoms with van der Waals surface area (Å²) < 4.78 is 5.60. The van der Waals surface area contributed by atoms with Gasteiger partial charge in [0.25, 0.3) is 0 Å². The number of esters is 1. The van der Waals surface area contributed by atoms with Crippen LogP contribution in [0.25, 0.3) is 0 Å². The van der Waals surface area contributed by atoms with Crippen LogP contribution in [0.1, 0.15) is 34.1 Å². The number of nitrogens with one attached hydrogen (secondary N) is 1. The second-order valence-electron chi connectivity index (χ2n) is 6.57. The van der Waals surface area contributed by atoms with Crippen molar-refractivity contribution in [3.63, 3.8) is 0 Å². The minimum atomic E-state index is -0.862. The van der Waals surface area contributed by atoms with Crippen LogP contribution in [0.5, 0.6) is 0 Å². The van der Waals surface area contributed by atoms with Crippen molar-refractivity contribution in [2.75, 3.05) is 0 Å². The number of hydrogen-bond donors (Lipinski definition) is 1. The molecule has 1 amide bonds. The average Bonchev–Trinajstić information content (AvgIpc) is 2.60. The fourth-order valence-electron chi connectivity index (χ4n) is 4.33. The Morgan fingerprint density at radius 2 is 2.05 bits per heavy atom. The van der Waals surface area contributed by atoms with Gasteiger partial charge in [0, 0.05) is 26.0 Å². The van der Waals surface area contributed by atoms with Gasteiger partial charge in [0.05, 0.1) is 5.92 Å². The van der Waals surface area contributed by atoms with Gasteiger partial charge in [-0.25, -0.2) is 5.01 Å². The lowest BCUT2D eigenvalue weighted by Crippen LogP contribution is -2.55. The molecule has 2 aliphatic carbocycles. The zero-order valence-corrected chi connectivity index (χ0v) is 11.8. The Kier molecular flexibility index (Phi) is 2.19. The maximum atomic E-state index is 11.8. The Morgan fingerprint density at radius 1 is 1.42 bits per heavy atom. The fourth-order valence-corrected chi connectivity index (χ4v) is 4.33. The number of hydrazine groups is 1. The van der Waals surface area contributed by atoms with Crippen molar-refractivity contribution in [2.24, 2.45) is 23.2 Å². The molecule has 5 nitrogen and oxygen atoms in total. The maximum absolute atomic E-state index is 11.8. The van der Waals surface area contributed by atoms with Crippen molar-refractivity contribution in [2.45, 2.75) is 39.8 Å². The number of carbonyl (C=O) groups is 2. The second-order valence-corrected chi connectivity index (χ2v) is 6.57. The lowest BCUT2D eigenvalue weighted by molar-refractivity contribution is -0.193. The van der Waals surface area contributed by atoms with Crippen LogP contribution in [-0.4, -0.2) is 22.6 Å². The van der Waals surface area contributed by atoms with Gasteiger partial charge in [-0.2, -0.15) is 0 Å². The van der Waals surface area contributed by atoms with Crippen molar-refractivity contribution in [3.8, 4) is 0 Å². The third kappa shape index (κ3) is 1.36. The van der Waals surface area contributed by atoms with E-state index < -0.39 is 5.72 Å². The number of carbonyl (C=O) groups excluding carboxylic acids is 2. The first kappa shape index (κ1) is 12.5. The monoisotopic (exact) mass is 264 g/mol. The molecule has 0 aromatic heterocycles. The molecule has 1 saturated heterocycles. The van der Waals surface area contributed by atoms with E-state index in [1.54, 1.807) is 0 Å². The van der Waals surface area contributed by atoms with E-state index in [0.29, 0.717) is 18.3 Å². The summed E-state index contributed by atoms with van der Waals surface area (Å²) in [7, 11) is 0. The van der Waals surface area contributed by atoms with Crippen molar-refractivity contribution in [3.05, 3.63) is 12.3 Å². The lowest BCUT2D eigenvalue weighted by Gasteiger charge is -2.38. The molecule has 0 aromatic carbocycles. The summed E-state index contributed by atoms with van der Waals surface area (Å²) in [5, 5.41) is 1.46. The predicted molar refractivity (Wildman–Crippen MR) is 68.2 cm³/mol. The molecule has 0 spiro atoms. The van der Waals surface area contributed by atoms with Crippen LogP contribution in [0.15, 0.2) is 12.3 Å². The second kappa shape index (κ2) is 3.32. The molecule has 0 aromatic rings. The van der Waals surface area contributed by atoms with Crippen molar-refractivity contribution in [1.82, 2.24) is 10.4 Å². The molecule has 1 N–H and O–H groups in total. The summed E-state index contributed by atoms with van der Waals surface area (Å²) in [5.41, 5.74) is 3.18. The summed E-state index contributed by atoms with van der Waals surface area (Å²) in [4.78, 5) is 23.3. The van der Waals surface area contributed by atoms with Gasteiger partial charge < -0.3 is 4.74 Å². The first-order chi connectivity index (χ1) is 8.71. The van der Waals surface area contributed by atoms with Gasteiger partial charge in [-0.3, -0.25) is 15.0 Å². The van der Waals surface area contributed by atoms with Crippen LogP contribution in [-0.2, 0) is 14.3 Å². The van der Waals surface area contributed by atoms with Crippen molar-refractivity contribution >= 4 is 11.9 Å². The molecule has 1 heterocycles. The molecule has 1 aliphatic heterocycles. The third-order valence-corrected chi connectivity index (χ3v) is 5.14. The van der Waals surface area contributed by atoms with Gasteiger partial charge in [0.2, 0.25) is 11.6 Å². The molecule has 2 saturated carbocycles. The largest absolute Gasteiger partial charge is 0.436 e. The number of ether oxygens (including phenoxy) is 1. The van der Waals surface area contributed by atoms with E-state index in [9.17, 15) is 9.59 Å². The first-order valence-corrected chi connectivity index (χ1v) is 6.67. The van der Waals surface area contributed by atoms with Gasteiger partial charge >= 0.3 is 5.97 Å². The van der Waals surface area contributed by atoms with Crippen LogP contribution < -0.4 is 5.43 Å². The van der Waals surface area contributed by atoms with E-state index in [2.05, 4.69) is 25.9 Å². The van der Waals surface area contributed by atoms with E-state index in [-0.39, 0.29) is 23.2 Å². The number of rotatable bonds is 1. The minimum Gasteiger partial charge on any atom is -0.436 e. The van der Waals surface area contributed by atoms with Crippen LogP contribution in [0.3, 0.4) is 0 Å². The van der Waals surface area contributed by atoms with Crippen LogP contribution in [0.4, 0.5) is 0 Å². The molecule has 104 valence electrons. The fraction of sp³-hybridized carbons (Fsp3) is 0.714. The Bertz CT molecular complexity index is 499. The average molecular weight is 264 g/mol. The molecule has 0 bridgehead atoms. The molecule has 3 aliphatic rings. The minimum absolute atomic E-state index is 0.000278. The van der Waals surface area contributed by atoms with Gasteiger partial charge in [0.15, 0.2) is 0 Å². The summed E-state index contributed by atoms with van der Waals surface area (Å²) in [6.45, 7) is 11.3. The normalized spacial score (nSPS) is 41.4. The zero-order valence-electron chi connectivity index (χ0n) is 11.8. The molecule has 5 heteroatoms. The van der Waals surface area contributed by atoms with Crippen LogP contribution >= 0.6 is 0 Å². The summed E-state index contributed by atoms with van der Waals surface area (Å²) in [6.07, 6.45) is 0.695. The van der Waals surface area contributed by atoms with Crippen molar-refractivity contribution in [1.29, 1.82) is 0 Å². The summed E-state index contributed by atoms with van der Waals surface area (Å²) in [5.74, 6) is 0.407.